The maximum absolute atomic E-state index is 13.4. The van der Waals surface area contributed by atoms with Gasteiger partial charge in [0.25, 0.3) is 0 Å². The number of halogens is 1. The number of nitrogens with zero attached hydrogens (tertiary/aromatic N) is 1. The Balaban J connectivity index is 2.21. The zero-order chi connectivity index (χ0) is 24.2. The number of rotatable bonds is 13. The third kappa shape index (κ3) is 7.67. The summed E-state index contributed by atoms with van der Waals surface area (Å²) in [6.45, 7) is 4.88. The largest absolute Gasteiger partial charge is 0.493 e. The molecule has 0 bridgehead atoms. The first kappa shape index (κ1) is 26.5. The molecule has 0 radical (unpaired) electrons. The zero-order valence-corrected chi connectivity index (χ0v) is 20.8. The number of carbonyl (C=O) groups is 2. The molecular weight excluding hydrogens is 440 g/mol. The Morgan fingerprint density at radius 3 is 2.42 bits per heavy atom. The van der Waals surface area contributed by atoms with E-state index in [0.29, 0.717) is 35.9 Å². The van der Waals surface area contributed by atoms with Crippen LogP contribution in [0.4, 0.5) is 0 Å². The predicted molar refractivity (Wildman–Crippen MR) is 132 cm³/mol. The van der Waals surface area contributed by atoms with E-state index in [0.717, 1.165) is 24.0 Å². The minimum Gasteiger partial charge on any atom is -0.493 e. The molecule has 1 atom stereocenters. The Hall–Kier alpha value is -2.73. The highest BCUT2D eigenvalue weighted by molar-refractivity contribution is 6.31. The summed E-state index contributed by atoms with van der Waals surface area (Å²) in [5.41, 5.74) is 1.78. The van der Waals surface area contributed by atoms with Crippen molar-refractivity contribution in [3.8, 4) is 11.5 Å². The molecule has 180 valence electrons. The third-order valence-corrected chi connectivity index (χ3v) is 5.96. The zero-order valence-electron chi connectivity index (χ0n) is 20.0. The molecule has 0 fully saturated rings. The van der Waals surface area contributed by atoms with E-state index in [1.807, 2.05) is 43.3 Å². The van der Waals surface area contributed by atoms with E-state index in [9.17, 15) is 9.59 Å². The summed E-state index contributed by atoms with van der Waals surface area (Å²) < 4.78 is 10.7. The number of amides is 2. The molecule has 1 unspecified atom stereocenters. The van der Waals surface area contributed by atoms with Crippen LogP contribution in [0.5, 0.6) is 11.5 Å². The first-order chi connectivity index (χ1) is 15.9. The summed E-state index contributed by atoms with van der Waals surface area (Å²) >= 11 is 6.37. The fourth-order valence-corrected chi connectivity index (χ4v) is 3.86. The molecule has 2 rings (SSSR count). The summed E-state index contributed by atoms with van der Waals surface area (Å²) in [5.74, 6) is 1.04. The molecular formula is C26H35ClN2O4. The van der Waals surface area contributed by atoms with Gasteiger partial charge in [0.2, 0.25) is 11.8 Å². The van der Waals surface area contributed by atoms with Gasteiger partial charge in [-0.05, 0) is 48.6 Å². The fraction of sp³-hybridized carbons (Fsp3) is 0.462. The van der Waals surface area contributed by atoms with Crippen LogP contribution in [-0.2, 0) is 22.6 Å². The van der Waals surface area contributed by atoms with Crippen molar-refractivity contribution in [2.75, 3.05) is 20.8 Å². The van der Waals surface area contributed by atoms with E-state index < -0.39 is 6.04 Å². The predicted octanol–water partition coefficient (Wildman–Crippen LogP) is 5.01. The highest BCUT2D eigenvalue weighted by Crippen LogP contribution is 2.28. The molecule has 0 aliphatic carbocycles. The number of hydrogen-bond donors (Lipinski definition) is 1. The van der Waals surface area contributed by atoms with Gasteiger partial charge in [0.15, 0.2) is 11.5 Å². The Labute approximate surface area is 202 Å². The van der Waals surface area contributed by atoms with Crippen molar-refractivity contribution in [3.05, 3.63) is 58.6 Å². The second-order valence-corrected chi connectivity index (χ2v) is 8.28. The number of benzene rings is 2. The molecule has 6 nitrogen and oxygen atoms in total. The van der Waals surface area contributed by atoms with Crippen molar-refractivity contribution in [1.29, 1.82) is 0 Å². The van der Waals surface area contributed by atoms with E-state index in [-0.39, 0.29) is 24.8 Å². The number of unbranched alkanes of at least 4 members (excludes halogenated alkanes) is 1. The van der Waals surface area contributed by atoms with E-state index in [2.05, 4.69) is 12.2 Å². The third-order valence-electron chi connectivity index (χ3n) is 5.59. The number of nitrogens with one attached hydrogen (secondary N) is 1. The molecule has 33 heavy (non-hydrogen) atoms. The Bertz CT molecular complexity index is 919. The van der Waals surface area contributed by atoms with E-state index >= 15 is 0 Å². The first-order valence-electron chi connectivity index (χ1n) is 11.5. The lowest BCUT2D eigenvalue weighted by molar-refractivity contribution is -0.141. The summed E-state index contributed by atoms with van der Waals surface area (Å²) in [6.07, 6.45) is 3.19. The van der Waals surface area contributed by atoms with Crippen molar-refractivity contribution < 1.29 is 19.1 Å². The van der Waals surface area contributed by atoms with Crippen LogP contribution in [0.25, 0.3) is 0 Å². The van der Waals surface area contributed by atoms with Crippen molar-refractivity contribution in [3.63, 3.8) is 0 Å². The van der Waals surface area contributed by atoms with Crippen molar-refractivity contribution in [1.82, 2.24) is 10.2 Å². The Morgan fingerprint density at radius 1 is 1.06 bits per heavy atom. The maximum atomic E-state index is 13.4. The van der Waals surface area contributed by atoms with Gasteiger partial charge >= 0.3 is 0 Å². The monoisotopic (exact) mass is 474 g/mol. The number of ether oxygens (including phenoxy) is 2. The second-order valence-electron chi connectivity index (χ2n) is 7.87. The van der Waals surface area contributed by atoms with Gasteiger partial charge in [-0.2, -0.15) is 0 Å². The van der Waals surface area contributed by atoms with E-state index in [1.165, 1.54) is 0 Å². The van der Waals surface area contributed by atoms with Crippen molar-refractivity contribution in [2.45, 2.75) is 58.5 Å². The first-order valence-corrected chi connectivity index (χ1v) is 11.8. The van der Waals surface area contributed by atoms with Gasteiger partial charge in [-0.1, -0.05) is 56.1 Å². The molecule has 2 amide bonds. The van der Waals surface area contributed by atoms with Crippen LogP contribution in [0.2, 0.25) is 5.02 Å². The lowest BCUT2D eigenvalue weighted by atomic mass is 10.1. The quantitative estimate of drug-likeness (QED) is 0.414. The van der Waals surface area contributed by atoms with Crippen LogP contribution in [0, 0.1) is 0 Å². The van der Waals surface area contributed by atoms with Gasteiger partial charge in [0.1, 0.15) is 6.04 Å². The standard InChI is InChI=1S/C26H35ClN2O4/c1-5-7-16-28-26(31)22(6-2)29(18-20-10-8-9-11-21(20)27)25(30)15-13-19-12-14-23(32-3)24(17-19)33-4/h8-12,14,17,22H,5-7,13,15-16,18H2,1-4H3,(H,28,31). The fourth-order valence-electron chi connectivity index (χ4n) is 3.67. The topological polar surface area (TPSA) is 67.9 Å². The van der Waals surface area contributed by atoms with Gasteiger partial charge < -0.3 is 19.7 Å². The van der Waals surface area contributed by atoms with Crippen LogP contribution >= 0.6 is 11.6 Å². The summed E-state index contributed by atoms with van der Waals surface area (Å²) in [4.78, 5) is 28.0. The molecule has 0 aliphatic rings. The highest BCUT2D eigenvalue weighted by atomic mass is 35.5. The lowest BCUT2D eigenvalue weighted by Gasteiger charge is -2.31. The molecule has 0 heterocycles. The van der Waals surface area contributed by atoms with Gasteiger partial charge in [-0.3, -0.25) is 9.59 Å². The summed E-state index contributed by atoms with van der Waals surface area (Å²) in [7, 11) is 3.17. The van der Waals surface area contributed by atoms with Crippen molar-refractivity contribution in [2.24, 2.45) is 0 Å². The normalized spacial score (nSPS) is 11.5. The average molecular weight is 475 g/mol. The lowest BCUT2D eigenvalue weighted by Crippen LogP contribution is -2.49. The number of aryl methyl sites for hydroxylation is 1. The minimum absolute atomic E-state index is 0.0952. The van der Waals surface area contributed by atoms with Crippen LogP contribution in [0.1, 0.15) is 50.7 Å². The molecule has 1 N–H and O–H groups in total. The molecule has 7 heteroatoms. The van der Waals surface area contributed by atoms with Gasteiger partial charge in [-0.25, -0.2) is 0 Å². The van der Waals surface area contributed by atoms with Crippen molar-refractivity contribution >= 4 is 23.4 Å². The Morgan fingerprint density at radius 2 is 1.79 bits per heavy atom. The average Bonchev–Trinajstić information content (AvgIpc) is 2.83. The minimum atomic E-state index is -0.559. The van der Waals surface area contributed by atoms with Gasteiger partial charge in [-0.15, -0.1) is 0 Å². The molecule has 0 saturated carbocycles. The van der Waals surface area contributed by atoms with Crippen LogP contribution in [-0.4, -0.2) is 43.5 Å². The number of carbonyl (C=O) groups excluding carboxylic acids is 2. The molecule has 0 spiro atoms. The molecule has 0 aliphatic heterocycles. The summed E-state index contributed by atoms with van der Waals surface area (Å²) in [6, 6.07) is 12.5. The number of methoxy groups -OCH3 is 2. The summed E-state index contributed by atoms with van der Waals surface area (Å²) in [5, 5.41) is 3.56. The molecule has 0 aromatic heterocycles. The van der Waals surface area contributed by atoms with Crippen LogP contribution in [0.3, 0.4) is 0 Å². The second kappa shape index (κ2) is 13.7. The van der Waals surface area contributed by atoms with Crippen LogP contribution < -0.4 is 14.8 Å². The molecule has 2 aromatic carbocycles. The molecule has 0 saturated heterocycles. The Kier molecular flexibility index (Phi) is 11.0. The van der Waals surface area contributed by atoms with Gasteiger partial charge in [0.05, 0.1) is 14.2 Å². The van der Waals surface area contributed by atoms with E-state index in [1.54, 1.807) is 25.2 Å². The molecule has 2 aromatic rings. The highest BCUT2D eigenvalue weighted by Gasteiger charge is 2.28. The van der Waals surface area contributed by atoms with Gasteiger partial charge in [0, 0.05) is 24.5 Å². The number of hydrogen-bond acceptors (Lipinski definition) is 4. The maximum Gasteiger partial charge on any atom is 0.242 e. The SMILES string of the molecule is CCCCNC(=O)C(CC)N(Cc1ccccc1Cl)C(=O)CCc1ccc(OC)c(OC)c1. The smallest absolute Gasteiger partial charge is 0.242 e. The van der Waals surface area contributed by atoms with Crippen LogP contribution in [0.15, 0.2) is 42.5 Å². The van der Waals surface area contributed by atoms with E-state index in [4.69, 9.17) is 21.1 Å².